The molecule has 0 aliphatic carbocycles. The van der Waals surface area contributed by atoms with E-state index in [0.29, 0.717) is 6.61 Å². The molecule has 0 unspecified atom stereocenters. The van der Waals surface area contributed by atoms with Gasteiger partial charge in [-0.2, -0.15) is 0 Å². The van der Waals surface area contributed by atoms with Crippen LogP contribution in [0.15, 0.2) is 42.5 Å². The van der Waals surface area contributed by atoms with Gasteiger partial charge in [-0.3, -0.25) is 0 Å². The molecule has 0 atom stereocenters. The third-order valence-corrected chi connectivity index (χ3v) is 3.20. The van der Waals surface area contributed by atoms with E-state index in [0.717, 1.165) is 18.4 Å². The Morgan fingerprint density at radius 3 is 2.50 bits per heavy atom. The quantitative estimate of drug-likeness (QED) is 0.339. The van der Waals surface area contributed by atoms with Gasteiger partial charge in [-0.05, 0) is 18.4 Å². The molecule has 0 aliphatic rings. The average molecular weight is 274 g/mol. The zero-order chi connectivity index (χ0) is 14.5. The first-order valence-corrected chi connectivity index (χ1v) is 7.70. The average Bonchev–Trinajstić information content (AvgIpc) is 2.49. The summed E-state index contributed by atoms with van der Waals surface area (Å²) in [5.74, 6) is -0.250. The first-order valence-electron chi connectivity index (χ1n) is 7.70. The minimum absolute atomic E-state index is 0.250. The number of benzene rings is 1. The fraction of sp³-hybridized carbons (Fsp3) is 0.500. The Hall–Kier alpha value is -1.57. The molecule has 0 fully saturated rings. The minimum Gasteiger partial charge on any atom is -0.458 e. The van der Waals surface area contributed by atoms with Crippen LogP contribution >= 0.6 is 0 Å². The second-order valence-corrected chi connectivity index (χ2v) is 5.05. The van der Waals surface area contributed by atoms with E-state index < -0.39 is 0 Å². The van der Waals surface area contributed by atoms with Crippen LogP contribution in [0.25, 0.3) is 0 Å². The number of rotatable bonds is 10. The summed E-state index contributed by atoms with van der Waals surface area (Å²) < 4.78 is 5.16. The van der Waals surface area contributed by atoms with E-state index in [1.165, 1.54) is 32.1 Å². The summed E-state index contributed by atoms with van der Waals surface area (Å²) in [5.41, 5.74) is 1.02. The maximum absolute atomic E-state index is 11.5. The van der Waals surface area contributed by atoms with Crippen molar-refractivity contribution in [1.82, 2.24) is 0 Å². The minimum atomic E-state index is -0.250. The smallest absolute Gasteiger partial charge is 0.330 e. The summed E-state index contributed by atoms with van der Waals surface area (Å²) in [6, 6.07) is 9.74. The Kier molecular flexibility index (Phi) is 9.29. The Morgan fingerprint density at radius 1 is 1.05 bits per heavy atom. The number of allylic oxidation sites excluding steroid dienone is 1. The van der Waals surface area contributed by atoms with Crippen LogP contribution in [0.5, 0.6) is 0 Å². The van der Waals surface area contributed by atoms with Gasteiger partial charge in [-0.25, -0.2) is 4.79 Å². The number of carbonyl (C=O) groups excluding carboxylic acids is 1. The van der Waals surface area contributed by atoms with E-state index in [1.807, 2.05) is 36.4 Å². The van der Waals surface area contributed by atoms with E-state index in [9.17, 15) is 4.79 Å². The fourth-order valence-electron chi connectivity index (χ4n) is 2.00. The standard InChI is InChI=1S/C18H26O2/c1-2-3-4-5-6-7-8-12-15-18(19)20-16-17-13-10-9-11-14-17/h9-15H,2-8,16H2,1H3. The third-order valence-electron chi connectivity index (χ3n) is 3.20. The van der Waals surface area contributed by atoms with Crippen LogP contribution in [0.1, 0.15) is 57.4 Å². The monoisotopic (exact) mass is 274 g/mol. The summed E-state index contributed by atoms with van der Waals surface area (Å²) in [7, 11) is 0. The van der Waals surface area contributed by atoms with Crippen molar-refractivity contribution in [2.45, 2.75) is 58.5 Å². The molecule has 0 aliphatic heterocycles. The molecule has 0 heterocycles. The van der Waals surface area contributed by atoms with Crippen LogP contribution < -0.4 is 0 Å². The Balaban J connectivity index is 2.03. The first-order chi connectivity index (χ1) is 9.83. The molecular weight excluding hydrogens is 248 g/mol. The lowest BCUT2D eigenvalue weighted by atomic mass is 10.1. The van der Waals surface area contributed by atoms with Crippen LogP contribution in [0, 0.1) is 0 Å². The number of hydrogen-bond acceptors (Lipinski definition) is 2. The molecule has 0 bridgehead atoms. The van der Waals surface area contributed by atoms with Gasteiger partial charge in [0.2, 0.25) is 0 Å². The van der Waals surface area contributed by atoms with Crippen molar-refractivity contribution in [1.29, 1.82) is 0 Å². The number of unbranched alkanes of at least 4 members (excludes halogenated alkanes) is 6. The van der Waals surface area contributed by atoms with Crippen LogP contribution in [0.2, 0.25) is 0 Å². The lowest BCUT2D eigenvalue weighted by molar-refractivity contribution is -0.139. The highest BCUT2D eigenvalue weighted by Gasteiger charge is 1.97. The molecule has 1 rings (SSSR count). The summed E-state index contributed by atoms with van der Waals surface area (Å²) in [5, 5.41) is 0. The maximum atomic E-state index is 11.5. The number of esters is 1. The van der Waals surface area contributed by atoms with Gasteiger partial charge in [-0.1, -0.05) is 75.4 Å². The fourth-order valence-corrected chi connectivity index (χ4v) is 2.00. The molecule has 0 saturated heterocycles. The molecule has 2 nitrogen and oxygen atoms in total. The second-order valence-electron chi connectivity index (χ2n) is 5.05. The van der Waals surface area contributed by atoms with Crippen molar-refractivity contribution < 1.29 is 9.53 Å². The van der Waals surface area contributed by atoms with Gasteiger partial charge in [-0.15, -0.1) is 0 Å². The van der Waals surface area contributed by atoms with Crippen molar-refractivity contribution in [3.05, 3.63) is 48.0 Å². The SMILES string of the molecule is CCCCCCCCC=CC(=O)OCc1ccccc1. The zero-order valence-corrected chi connectivity index (χ0v) is 12.5. The van der Waals surface area contributed by atoms with Crippen molar-refractivity contribution >= 4 is 5.97 Å². The largest absolute Gasteiger partial charge is 0.458 e. The lowest BCUT2D eigenvalue weighted by Crippen LogP contribution is -2.00. The Labute approximate surface area is 122 Å². The molecule has 0 aromatic heterocycles. The van der Waals surface area contributed by atoms with E-state index in [2.05, 4.69) is 6.92 Å². The maximum Gasteiger partial charge on any atom is 0.330 e. The van der Waals surface area contributed by atoms with Crippen LogP contribution in [0.3, 0.4) is 0 Å². The molecule has 20 heavy (non-hydrogen) atoms. The molecule has 0 amide bonds. The Bertz CT molecular complexity index is 382. The zero-order valence-electron chi connectivity index (χ0n) is 12.5. The van der Waals surface area contributed by atoms with Crippen molar-refractivity contribution in [2.24, 2.45) is 0 Å². The predicted octanol–water partition coefficient (Wildman–Crippen LogP) is 5.04. The summed E-state index contributed by atoms with van der Waals surface area (Å²) >= 11 is 0. The van der Waals surface area contributed by atoms with E-state index in [-0.39, 0.29) is 5.97 Å². The van der Waals surface area contributed by atoms with Crippen LogP contribution in [-0.4, -0.2) is 5.97 Å². The van der Waals surface area contributed by atoms with Gasteiger partial charge in [0.25, 0.3) is 0 Å². The number of carbonyl (C=O) groups is 1. The molecule has 110 valence electrons. The molecule has 1 aromatic carbocycles. The molecular formula is C18H26O2. The normalized spacial score (nSPS) is 10.8. The molecule has 2 heteroatoms. The highest BCUT2D eigenvalue weighted by Crippen LogP contribution is 2.07. The summed E-state index contributed by atoms with van der Waals surface area (Å²) in [6.45, 7) is 2.57. The topological polar surface area (TPSA) is 26.3 Å². The van der Waals surface area contributed by atoms with Crippen molar-refractivity contribution in [3.63, 3.8) is 0 Å². The van der Waals surface area contributed by atoms with E-state index in [1.54, 1.807) is 6.08 Å². The van der Waals surface area contributed by atoms with Crippen molar-refractivity contribution in [2.75, 3.05) is 0 Å². The van der Waals surface area contributed by atoms with E-state index in [4.69, 9.17) is 4.74 Å². The molecule has 0 radical (unpaired) electrons. The molecule has 1 aromatic rings. The highest BCUT2D eigenvalue weighted by molar-refractivity contribution is 5.81. The summed E-state index contributed by atoms with van der Waals surface area (Å²) in [6.07, 6.45) is 12.1. The van der Waals surface area contributed by atoms with Gasteiger partial charge in [0.15, 0.2) is 0 Å². The van der Waals surface area contributed by atoms with Crippen LogP contribution in [0.4, 0.5) is 0 Å². The van der Waals surface area contributed by atoms with Crippen molar-refractivity contribution in [3.8, 4) is 0 Å². The van der Waals surface area contributed by atoms with Gasteiger partial charge < -0.3 is 4.74 Å². The molecule has 0 saturated carbocycles. The van der Waals surface area contributed by atoms with Gasteiger partial charge in [0.05, 0.1) is 0 Å². The van der Waals surface area contributed by atoms with Gasteiger partial charge in [0, 0.05) is 6.08 Å². The highest BCUT2D eigenvalue weighted by atomic mass is 16.5. The predicted molar refractivity (Wildman–Crippen MR) is 83.4 cm³/mol. The Morgan fingerprint density at radius 2 is 1.75 bits per heavy atom. The van der Waals surface area contributed by atoms with Gasteiger partial charge in [0.1, 0.15) is 6.61 Å². The third kappa shape index (κ3) is 8.52. The number of hydrogen-bond donors (Lipinski definition) is 0. The molecule has 0 N–H and O–H groups in total. The van der Waals surface area contributed by atoms with E-state index >= 15 is 0 Å². The number of ether oxygens (including phenoxy) is 1. The summed E-state index contributed by atoms with van der Waals surface area (Å²) in [4.78, 5) is 11.5. The second kappa shape index (κ2) is 11.3. The van der Waals surface area contributed by atoms with Gasteiger partial charge >= 0.3 is 5.97 Å². The first kappa shape index (κ1) is 16.5. The van der Waals surface area contributed by atoms with Crippen LogP contribution in [-0.2, 0) is 16.1 Å². The molecule has 0 spiro atoms. The lowest BCUT2D eigenvalue weighted by Gasteiger charge is -2.01.